The Labute approximate surface area is 126 Å². The number of hydrogen-bond donors (Lipinski definition) is 1. The summed E-state index contributed by atoms with van der Waals surface area (Å²) < 4.78 is 5.75. The number of pyridine rings is 1. The second kappa shape index (κ2) is 8.22. The molecule has 0 unspecified atom stereocenters. The molecule has 0 radical (unpaired) electrons. The number of nitrogens with one attached hydrogen (secondary N) is 1. The average Bonchev–Trinajstić information content (AvgIpc) is 2.51. The summed E-state index contributed by atoms with van der Waals surface area (Å²) in [6.07, 6.45) is 5.81. The topological polar surface area (TPSA) is 34.2 Å². The zero-order valence-electron chi connectivity index (χ0n) is 12.6. The Morgan fingerprint density at radius 2 is 1.95 bits per heavy atom. The van der Waals surface area contributed by atoms with Gasteiger partial charge < -0.3 is 10.1 Å². The molecule has 1 heterocycles. The van der Waals surface area contributed by atoms with E-state index in [-0.39, 0.29) is 0 Å². The third-order valence-corrected chi connectivity index (χ3v) is 2.98. The Kier molecular flexibility index (Phi) is 5.98. The van der Waals surface area contributed by atoms with Crippen LogP contribution in [0.4, 0.5) is 0 Å². The lowest BCUT2D eigenvalue weighted by atomic mass is 10.2. The van der Waals surface area contributed by atoms with Crippen LogP contribution in [0.15, 0.2) is 54.7 Å². The van der Waals surface area contributed by atoms with Gasteiger partial charge in [-0.1, -0.05) is 56.3 Å². The predicted octanol–water partition coefficient (Wildman–Crippen LogP) is 3.67. The Hall–Kier alpha value is -2.13. The normalized spacial score (nSPS) is 11.2. The molecule has 0 aliphatic rings. The highest BCUT2D eigenvalue weighted by atomic mass is 16.5. The molecule has 2 rings (SSSR count). The van der Waals surface area contributed by atoms with Gasteiger partial charge in [-0.25, -0.2) is 4.98 Å². The van der Waals surface area contributed by atoms with Gasteiger partial charge in [-0.15, -0.1) is 0 Å². The molecule has 3 heteroatoms. The first kappa shape index (κ1) is 15.3. The SMILES string of the molecule is CC(C)NCc1cccnc1OC/C=C/c1ccccc1. The molecule has 0 spiro atoms. The fourth-order valence-electron chi connectivity index (χ4n) is 1.88. The van der Waals surface area contributed by atoms with Crippen LogP contribution in [0.25, 0.3) is 6.08 Å². The molecule has 1 aromatic carbocycles. The highest BCUT2D eigenvalue weighted by molar-refractivity contribution is 5.48. The van der Waals surface area contributed by atoms with E-state index in [2.05, 4.69) is 42.4 Å². The van der Waals surface area contributed by atoms with Gasteiger partial charge in [0, 0.05) is 24.3 Å². The first-order chi connectivity index (χ1) is 10.3. The van der Waals surface area contributed by atoms with Crippen molar-refractivity contribution in [2.75, 3.05) is 6.61 Å². The molecule has 0 amide bonds. The van der Waals surface area contributed by atoms with Crippen LogP contribution in [-0.2, 0) is 6.54 Å². The van der Waals surface area contributed by atoms with Crippen molar-refractivity contribution in [2.45, 2.75) is 26.4 Å². The summed E-state index contributed by atoms with van der Waals surface area (Å²) in [4.78, 5) is 4.31. The van der Waals surface area contributed by atoms with Crippen LogP contribution in [0.1, 0.15) is 25.0 Å². The van der Waals surface area contributed by atoms with E-state index in [1.807, 2.05) is 36.4 Å². The quantitative estimate of drug-likeness (QED) is 0.841. The Morgan fingerprint density at radius 3 is 2.71 bits per heavy atom. The van der Waals surface area contributed by atoms with Crippen molar-refractivity contribution in [1.29, 1.82) is 0 Å². The smallest absolute Gasteiger partial charge is 0.218 e. The number of ether oxygens (including phenoxy) is 1. The second-order valence-electron chi connectivity index (χ2n) is 5.13. The van der Waals surface area contributed by atoms with Crippen LogP contribution in [0, 0.1) is 0 Å². The number of hydrogen-bond acceptors (Lipinski definition) is 3. The van der Waals surface area contributed by atoms with Gasteiger partial charge in [0.1, 0.15) is 6.61 Å². The monoisotopic (exact) mass is 282 g/mol. The molecule has 110 valence electrons. The molecule has 0 atom stereocenters. The molecular formula is C18H22N2O. The van der Waals surface area contributed by atoms with Crippen molar-refractivity contribution in [2.24, 2.45) is 0 Å². The minimum Gasteiger partial charge on any atom is -0.473 e. The van der Waals surface area contributed by atoms with Gasteiger partial charge in [-0.3, -0.25) is 0 Å². The van der Waals surface area contributed by atoms with Crippen molar-refractivity contribution in [3.63, 3.8) is 0 Å². The average molecular weight is 282 g/mol. The summed E-state index contributed by atoms with van der Waals surface area (Å²) >= 11 is 0. The molecule has 2 aromatic rings. The number of aromatic nitrogens is 1. The zero-order chi connectivity index (χ0) is 14.9. The van der Waals surface area contributed by atoms with E-state index in [0.29, 0.717) is 18.5 Å². The van der Waals surface area contributed by atoms with Crippen molar-refractivity contribution in [3.05, 3.63) is 65.9 Å². The van der Waals surface area contributed by atoms with E-state index in [1.54, 1.807) is 6.20 Å². The largest absolute Gasteiger partial charge is 0.473 e. The van der Waals surface area contributed by atoms with Crippen LogP contribution < -0.4 is 10.1 Å². The first-order valence-electron chi connectivity index (χ1n) is 7.27. The van der Waals surface area contributed by atoms with E-state index < -0.39 is 0 Å². The van der Waals surface area contributed by atoms with E-state index in [1.165, 1.54) is 5.56 Å². The first-order valence-corrected chi connectivity index (χ1v) is 7.27. The summed E-state index contributed by atoms with van der Waals surface area (Å²) in [7, 11) is 0. The van der Waals surface area contributed by atoms with Gasteiger partial charge in [-0.2, -0.15) is 0 Å². The van der Waals surface area contributed by atoms with Gasteiger partial charge in [-0.05, 0) is 17.7 Å². The Morgan fingerprint density at radius 1 is 1.14 bits per heavy atom. The maximum atomic E-state index is 5.75. The predicted molar refractivity (Wildman–Crippen MR) is 87.2 cm³/mol. The summed E-state index contributed by atoms with van der Waals surface area (Å²) in [6.45, 7) is 5.53. The van der Waals surface area contributed by atoms with Crippen molar-refractivity contribution < 1.29 is 4.74 Å². The van der Waals surface area contributed by atoms with Crippen LogP contribution in [0.5, 0.6) is 5.88 Å². The Balaban J connectivity index is 1.89. The lowest BCUT2D eigenvalue weighted by Crippen LogP contribution is -2.22. The third-order valence-electron chi connectivity index (χ3n) is 2.98. The maximum absolute atomic E-state index is 5.75. The zero-order valence-corrected chi connectivity index (χ0v) is 12.6. The van der Waals surface area contributed by atoms with Gasteiger partial charge >= 0.3 is 0 Å². The fraction of sp³-hybridized carbons (Fsp3) is 0.278. The molecule has 0 fully saturated rings. The second-order valence-corrected chi connectivity index (χ2v) is 5.13. The van der Waals surface area contributed by atoms with E-state index >= 15 is 0 Å². The maximum Gasteiger partial charge on any atom is 0.218 e. The third kappa shape index (κ3) is 5.40. The van der Waals surface area contributed by atoms with Crippen molar-refractivity contribution >= 4 is 6.08 Å². The Bertz CT molecular complexity index is 564. The molecule has 0 aliphatic heterocycles. The molecule has 3 nitrogen and oxygen atoms in total. The summed E-state index contributed by atoms with van der Waals surface area (Å²) in [6, 6.07) is 14.6. The molecule has 21 heavy (non-hydrogen) atoms. The van der Waals surface area contributed by atoms with Crippen molar-refractivity contribution in [1.82, 2.24) is 10.3 Å². The van der Waals surface area contributed by atoms with Crippen LogP contribution >= 0.6 is 0 Å². The van der Waals surface area contributed by atoms with Crippen LogP contribution in [-0.4, -0.2) is 17.6 Å². The highest BCUT2D eigenvalue weighted by Gasteiger charge is 2.04. The molecule has 1 N–H and O–H groups in total. The van der Waals surface area contributed by atoms with Crippen LogP contribution in [0.2, 0.25) is 0 Å². The fourth-order valence-corrected chi connectivity index (χ4v) is 1.88. The number of nitrogens with zero attached hydrogens (tertiary/aromatic N) is 1. The highest BCUT2D eigenvalue weighted by Crippen LogP contribution is 2.14. The van der Waals surface area contributed by atoms with Gasteiger partial charge in [0.2, 0.25) is 5.88 Å². The minimum absolute atomic E-state index is 0.441. The summed E-state index contributed by atoms with van der Waals surface area (Å²) in [5.41, 5.74) is 2.25. The number of benzene rings is 1. The molecule has 0 saturated carbocycles. The van der Waals surface area contributed by atoms with Crippen LogP contribution in [0.3, 0.4) is 0 Å². The molecule has 0 saturated heterocycles. The molecule has 1 aromatic heterocycles. The van der Waals surface area contributed by atoms with Gasteiger partial charge in [0.05, 0.1) is 0 Å². The minimum atomic E-state index is 0.441. The van der Waals surface area contributed by atoms with E-state index in [9.17, 15) is 0 Å². The molecular weight excluding hydrogens is 260 g/mol. The number of rotatable bonds is 7. The van der Waals surface area contributed by atoms with E-state index in [0.717, 1.165) is 12.1 Å². The summed E-state index contributed by atoms with van der Waals surface area (Å²) in [5.74, 6) is 0.698. The lowest BCUT2D eigenvalue weighted by molar-refractivity contribution is 0.343. The van der Waals surface area contributed by atoms with Gasteiger partial charge in [0.15, 0.2) is 0 Å². The standard InChI is InChI=1S/C18H22N2O/c1-15(2)20-14-17-11-6-12-19-18(17)21-13-7-10-16-8-4-3-5-9-16/h3-12,15,20H,13-14H2,1-2H3/b10-7+. The lowest BCUT2D eigenvalue weighted by Gasteiger charge is -2.11. The van der Waals surface area contributed by atoms with E-state index in [4.69, 9.17) is 4.74 Å². The molecule has 0 bridgehead atoms. The van der Waals surface area contributed by atoms with Gasteiger partial charge in [0.25, 0.3) is 0 Å². The molecule has 0 aliphatic carbocycles. The van der Waals surface area contributed by atoms with Crippen molar-refractivity contribution in [3.8, 4) is 5.88 Å². The summed E-state index contributed by atoms with van der Waals surface area (Å²) in [5, 5.41) is 3.38.